The molecule has 0 unspecified atom stereocenters. The summed E-state index contributed by atoms with van der Waals surface area (Å²) in [6, 6.07) is 5.16. The molecule has 0 saturated heterocycles. The van der Waals surface area contributed by atoms with E-state index in [1.54, 1.807) is 18.2 Å². The van der Waals surface area contributed by atoms with Crippen molar-refractivity contribution in [2.24, 2.45) is 0 Å². The van der Waals surface area contributed by atoms with Crippen LogP contribution in [0.2, 0.25) is 5.02 Å². The Bertz CT molecular complexity index is 376. The molecule has 3 nitrogen and oxygen atoms in total. The molecule has 0 spiro atoms. The second kappa shape index (κ2) is 4.85. The predicted octanol–water partition coefficient (Wildman–Crippen LogP) is 3.11. The van der Waals surface area contributed by atoms with Crippen molar-refractivity contribution in [1.29, 1.82) is 0 Å². The van der Waals surface area contributed by atoms with Gasteiger partial charge in [0.25, 0.3) is 5.91 Å². The number of aryl methyl sites for hydroxylation is 1. The van der Waals surface area contributed by atoms with Crippen LogP contribution >= 0.6 is 11.6 Å². The van der Waals surface area contributed by atoms with Gasteiger partial charge in [-0.3, -0.25) is 9.63 Å². The number of rotatable bonds is 2. The lowest BCUT2D eigenvalue weighted by atomic mass is 10.1. The zero-order valence-corrected chi connectivity index (χ0v) is 10.7. The van der Waals surface area contributed by atoms with Crippen LogP contribution in [0.25, 0.3) is 0 Å². The van der Waals surface area contributed by atoms with Crippen molar-refractivity contribution in [1.82, 2.24) is 5.48 Å². The number of hydrogen-bond donors (Lipinski definition) is 1. The molecule has 16 heavy (non-hydrogen) atoms. The highest BCUT2D eigenvalue weighted by Crippen LogP contribution is 2.14. The number of carbonyl (C=O) groups is 1. The molecule has 0 aromatic heterocycles. The maximum atomic E-state index is 11.7. The van der Waals surface area contributed by atoms with Gasteiger partial charge in [0, 0.05) is 10.6 Å². The van der Waals surface area contributed by atoms with Gasteiger partial charge in [-0.05, 0) is 51.5 Å². The summed E-state index contributed by atoms with van der Waals surface area (Å²) in [4.78, 5) is 16.9. The highest BCUT2D eigenvalue weighted by atomic mass is 35.5. The molecule has 1 rings (SSSR count). The number of benzene rings is 1. The molecule has 1 aromatic carbocycles. The molecule has 0 bridgehead atoms. The van der Waals surface area contributed by atoms with Crippen molar-refractivity contribution in [2.75, 3.05) is 0 Å². The first-order valence-electron chi connectivity index (χ1n) is 5.03. The molecule has 88 valence electrons. The number of hydrogen-bond acceptors (Lipinski definition) is 2. The molecule has 0 aliphatic rings. The van der Waals surface area contributed by atoms with Crippen LogP contribution in [0.5, 0.6) is 0 Å². The number of carbonyl (C=O) groups excluding carboxylic acids is 1. The molecule has 0 saturated carbocycles. The van der Waals surface area contributed by atoms with Crippen LogP contribution in [-0.2, 0) is 4.84 Å². The van der Waals surface area contributed by atoms with Crippen LogP contribution in [0, 0.1) is 6.92 Å². The van der Waals surface area contributed by atoms with Gasteiger partial charge in [0.1, 0.15) is 0 Å². The minimum absolute atomic E-state index is 0.291. The quantitative estimate of drug-likeness (QED) is 0.808. The highest BCUT2D eigenvalue weighted by molar-refractivity contribution is 6.31. The van der Waals surface area contributed by atoms with E-state index < -0.39 is 5.60 Å². The summed E-state index contributed by atoms with van der Waals surface area (Å²) in [5, 5.41) is 0.543. The third-order valence-corrected chi connectivity index (χ3v) is 1.97. The standard InChI is InChI=1S/C12H16ClNO2/c1-8-5-9(7-10(13)6-8)11(15)14-16-12(2,3)4/h5-7H,1-4H3,(H,14,15). The lowest BCUT2D eigenvalue weighted by molar-refractivity contribution is -0.0589. The van der Waals surface area contributed by atoms with E-state index in [0.29, 0.717) is 10.6 Å². The zero-order valence-electron chi connectivity index (χ0n) is 9.93. The van der Waals surface area contributed by atoms with E-state index in [1.807, 2.05) is 27.7 Å². The summed E-state index contributed by atoms with van der Waals surface area (Å²) >= 11 is 5.86. The highest BCUT2D eigenvalue weighted by Gasteiger charge is 2.14. The zero-order chi connectivity index (χ0) is 12.3. The van der Waals surface area contributed by atoms with Crippen molar-refractivity contribution < 1.29 is 9.63 Å². The van der Waals surface area contributed by atoms with Crippen LogP contribution < -0.4 is 5.48 Å². The summed E-state index contributed by atoms with van der Waals surface area (Å²) in [6.45, 7) is 7.46. The summed E-state index contributed by atoms with van der Waals surface area (Å²) in [7, 11) is 0. The van der Waals surface area contributed by atoms with Crippen LogP contribution in [0.1, 0.15) is 36.7 Å². The Balaban J connectivity index is 2.73. The van der Waals surface area contributed by atoms with Crippen LogP contribution in [0.4, 0.5) is 0 Å². The normalized spacial score (nSPS) is 11.3. The molecule has 0 aliphatic carbocycles. The van der Waals surface area contributed by atoms with Crippen LogP contribution in [0.3, 0.4) is 0 Å². The first kappa shape index (κ1) is 13.0. The first-order chi connectivity index (χ1) is 7.28. The molecule has 0 aliphatic heterocycles. The smallest absolute Gasteiger partial charge is 0.268 e. The van der Waals surface area contributed by atoms with E-state index in [0.717, 1.165) is 5.56 Å². The third kappa shape index (κ3) is 4.21. The summed E-state index contributed by atoms with van der Waals surface area (Å²) < 4.78 is 0. The fraction of sp³-hybridized carbons (Fsp3) is 0.417. The molecule has 0 heterocycles. The number of hydroxylamine groups is 1. The number of nitrogens with one attached hydrogen (secondary N) is 1. The van der Waals surface area contributed by atoms with Crippen molar-refractivity contribution >= 4 is 17.5 Å². The van der Waals surface area contributed by atoms with Crippen molar-refractivity contribution in [2.45, 2.75) is 33.3 Å². The van der Waals surface area contributed by atoms with Gasteiger partial charge in [0.05, 0.1) is 5.60 Å². The van der Waals surface area contributed by atoms with E-state index in [9.17, 15) is 4.79 Å². The van der Waals surface area contributed by atoms with Gasteiger partial charge in [0.15, 0.2) is 0 Å². The van der Waals surface area contributed by atoms with Crippen molar-refractivity contribution in [3.05, 3.63) is 34.3 Å². The SMILES string of the molecule is Cc1cc(Cl)cc(C(=O)NOC(C)(C)C)c1. The molecular weight excluding hydrogens is 226 g/mol. The van der Waals surface area contributed by atoms with Crippen molar-refractivity contribution in [3.63, 3.8) is 0 Å². The van der Waals surface area contributed by atoms with E-state index in [1.165, 1.54) is 0 Å². The lowest BCUT2D eigenvalue weighted by Crippen LogP contribution is -2.33. The van der Waals surface area contributed by atoms with Gasteiger partial charge in [-0.15, -0.1) is 0 Å². The molecular formula is C12H16ClNO2. The van der Waals surface area contributed by atoms with Crippen molar-refractivity contribution in [3.8, 4) is 0 Å². The minimum Gasteiger partial charge on any atom is -0.268 e. The molecule has 1 aromatic rings. The van der Waals surface area contributed by atoms with Gasteiger partial charge < -0.3 is 0 Å². The Labute approximate surface area is 101 Å². The Morgan fingerprint density at radius 3 is 2.44 bits per heavy atom. The maximum absolute atomic E-state index is 11.7. The monoisotopic (exact) mass is 241 g/mol. The Kier molecular flexibility index (Phi) is 3.94. The first-order valence-corrected chi connectivity index (χ1v) is 5.41. The molecule has 0 fully saturated rings. The Hall–Kier alpha value is -1.06. The van der Waals surface area contributed by atoms with Crippen LogP contribution in [0.15, 0.2) is 18.2 Å². The molecule has 4 heteroatoms. The van der Waals surface area contributed by atoms with Gasteiger partial charge in [0.2, 0.25) is 0 Å². The second-order valence-corrected chi connectivity index (χ2v) is 5.10. The fourth-order valence-corrected chi connectivity index (χ4v) is 1.42. The fourth-order valence-electron chi connectivity index (χ4n) is 1.13. The topological polar surface area (TPSA) is 38.3 Å². The van der Waals surface area contributed by atoms with E-state index in [2.05, 4.69) is 5.48 Å². The number of halogens is 1. The predicted molar refractivity (Wildman–Crippen MR) is 64.5 cm³/mol. The lowest BCUT2D eigenvalue weighted by Gasteiger charge is -2.19. The Morgan fingerprint density at radius 1 is 1.31 bits per heavy atom. The van der Waals surface area contributed by atoms with Gasteiger partial charge >= 0.3 is 0 Å². The van der Waals surface area contributed by atoms with Gasteiger partial charge in [-0.1, -0.05) is 11.6 Å². The summed E-state index contributed by atoms with van der Waals surface area (Å²) in [5.74, 6) is -0.291. The van der Waals surface area contributed by atoms with E-state index >= 15 is 0 Å². The number of amides is 1. The summed E-state index contributed by atoms with van der Waals surface area (Å²) in [5.41, 5.74) is 3.42. The second-order valence-electron chi connectivity index (χ2n) is 4.66. The van der Waals surface area contributed by atoms with Crippen LogP contribution in [-0.4, -0.2) is 11.5 Å². The average molecular weight is 242 g/mol. The molecule has 0 radical (unpaired) electrons. The Morgan fingerprint density at radius 2 is 1.94 bits per heavy atom. The van der Waals surface area contributed by atoms with E-state index in [4.69, 9.17) is 16.4 Å². The van der Waals surface area contributed by atoms with Gasteiger partial charge in [-0.2, -0.15) is 0 Å². The maximum Gasteiger partial charge on any atom is 0.274 e. The molecule has 1 amide bonds. The largest absolute Gasteiger partial charge is 0.274 e. The molecule has 0 atom stereocenters. The molecule has 1 N–H and O–H groups in total. The van der Waals surface area contributed by atoms with E-state index in [-0.39, 0.29) is 5.91 Å². The van der Waals surface area contributed by atoms with Gasteiger partial charge in [-0.25, -0.2) is 5.48 Å². The third-order valence-electron chi connectivity index (χ3n) is 1.75. The average Bonchev–Trinajstić information content (AvgIpc) is 2.11. The summed E-state index contributed by atoms with van der Waals surface area (Å²) in [6.07, 6.45) is 0. The minimum atomic E-state index is -0.413.